The highest BCUT2D eigenvalue weighted by molar-refractivity contribution is 6.40. The van der Waals surface area contributed by atoms with Gasteiger partial charge in [0.25, 0.3) is 0 Å². The van der Waals surface area contributed by atoms with E-state index in [-0.39, 0.29) is 18.0 Å². The van der Waals surface area contributed by atoms with Crippen molar-refractivity contribution in [1.29, 1.82) is 0 Å². The van der Waals surface area contributed by atoms with Gasteiger partial charge in [0.05, 0.1) is 6.42 Å². The Labute approximate surface area is 104 Å². The quantitative estimate of drug-likeness (QED) is 0.753. The highest BCUT2D eigenvalue weighted by Gasteiger charge is 2.49. The summed E-state index contributed by atoms with van der Waals surface area (Å²) >= 11 is 0. The molecule has 1 spiro atoms. The van der Waals surface area contributed by atoms with Gasteiger partial charge in [-0.05, 0) is 11.6 Å². The van der Waals surface area contributed by atoms with Crippen LogP contribution in [0.1, 0.15) is 24.5 Å². The van der Waals surface area contributed by atoms with Gasteiger partial charge >= 0.3 is 0 Å². The second kappa shape index (κ2) is 3.63. The van der Waals surface area contributed by atoms with E-state index >= 15 is 0 Å². The van der Waals surface area contributed by atoms with E-state index < -0.39 is 5.60 Å². The smallest absolute Gasteiger partial charge is 0.230 e. The molecule has 1 atom stereocenters. The zero-order chi connectivity index (χ0) is 12.8. The van der Waals surface area contributed by atoms with Gasteiger partial charge in [-0.2, -0.15) is 0 Å². The average Bonchev–Trinajstić information content (AvgIpc) is 2.81. The minimum Gasteiger partial charge on any atom is -0.375 e. The average molecular weight is 241 g/mol. The van der Waals surface area contributed by atoms with Gasteiger partial charge in [-0.3, -0.25) is 9.59 Å². The number of nitrogens with zero attached hydrogens (tertiary/aromatic N) is 1. The maximum Gasteiger partial charge on any atom is 0.230 e. The molecule has 18 heavy (non-hydrogen) atoms. The summed E-state index contributed by atoms with van der Waals surface area (Å²) in [6.07, 6.45) is 3.46. The number of benzene rings is 1. The Morgan fingerprint density at radius 2 is 2.11 bits per heavy atom. The zero-order valence-corrected chi connectivity index (χ0v) is 9.84. The standard InChI is InChI=1S/C14H11NO3/c1-9(16)12-8-14(18-15-12)11-5-3-2-4-10(11)6-7-13(14)17/h2-7H,8H2,1H3. The third-order valence-electron chi connectivity index (χ3n) is 3.34. The number of oxime groups is 1. The van der Waals surface area contributed by atoms with Crippen LogP contribution in [0.3, 0.4) is 0 Å². The molecule has 0 aromatic heterocycles. The molecule has 1 aromatic rings. The van der Waals surface area contributed by atoms with E-state index in [0.29, 0.717) is 5.71 Å². The summed E-state index contributed by atoms with van der Waals surface area (Å²) in [6, 6.07) is 7.50. The second-order valence-corrected chi connectivity index (χ2v) is 4.47. The Balaban J connectivity index is 2.11. The van der Waals surface area contributed by atoms with E-state index in [0.717, 1.165) is 11.1 Å². The number of carbonyl (C=O) groups is 2. The molecule has 1 aliphatic carbocycles. The van der Waals surface area contributed by atoms with E-state index in [1.807, 2.05) is 24.3 Å². The Bertz CT molecular complexity index is 615. The predicted molar refractivity (Wildman–Crippen MR) is 66.0 cm³/mol. The summed E-state index contributed by atoms with van der Waals surface area (Å²) in [4.78, 5) is 28.9. The van der Waals surface area contributed by atoms with Crippen LogP contribution in [-0.4, -0.2) is 17.3 Å². The van der Waals surface area contributed by atoms with Gasteiger partial charge in [0, 0.05) is 12.5 Å². The van der Waals surface area contributed by atoms with Crippen molar-refractivity contribution in [3.8, 4) is 0 Å². The summed E-state index contributed by atoms with van der Waals surface area (Å²) in [6.45, 7) is 1.43. The molecule has 0 saturated carbocycles. The molecule has 3 rings (SSSR count). The Morgan fingerprint density at radius 3 is 2.83 bits per heavy atom. The van der Waals surface area contributed by atoms with Gasteiger partial charge < -0.3 is 4.84 Å². The molecule has 0 radical (unpaired) electrons. The van der Waals surface area contributed by atoms with E-state index in [1.54, 1.807) is 6.08 Å². The highest BCUT2D eigenvalue weighted by atomic mass is 16.7. The van der Waals surface area contributed by atoms with Gasteiger partial charge in [-0.1, -0.05) is 35.5 Å². The van der Waals surface area contributed by atoms with Crippen LogP contribution < -0.4 is 0 Å². The third-order valence-corrected chi connectivity index (χ3v) is 3.34. The Kier molecular flexibility index (Phi) is 2.20. The van der Waals surface area contributed by atoms with Crippen LogP contribution in [-0.2, 0) is 20.0 Å². The van der Waals surface area contributed by atoms with Gasteiger partial charge in [-0.15, -0.1) is 0 Å². The van der Waals surface area contributed by atoms with Crippen molar-refractivity contribution in [2.24, 2.45) is 5.16 Å². The van der Waals surface area contributed by atoms with Gasteiger partial charge in [-0.25, -0.2) is 0 Å². The number of hydrogen-bond acceptors (Lipinski definition) is 4. The van der Waals surface area contributed by atoms with E-state index in [1.165, 1.54) is 13.0 Å². The summed E-state index contributed by atoms with van der Waals surface area (Å²) in [5.41, 5.74) is 0.884. The van der Waals surface area contributed by atoms with Crippen molar-refractivity contribution in [2.45, 2.75) is 18.9 Å². The lowest BCUT2D eigenvalue weighted by Crippen LogP contribution is -2.38. The molecule has 2 aliphatic rings. The van der Waals surface area contributed by atoms with Crippen LogP contribution in [0.15, 0.2) is 35.5 Å². The van der Waals surface area contributed by atoms with Crippen molar-refractivity contribution in [3.05, 3.63) is 41.5 Å². The van der Waals surface area contributed by atoms with E-state index in [9.17, 15) is 9.59 Å². The monoisotopic (exact) mass is 241 g/mol. The topological polar surface area (TPSA) is 55.7 Å². The van der Waals surface area contributed by atoms with Gasteiger partial charge in [0.1, 0.15) is 5.71 Å². The lowest BCUT2D eigenvalue weighted by atomic mass is 9.79. The first-order chi connectivity index (χ1) is 8.63. The molecule has 0 amide bonds. The van der Waals surface area contributed by atoms with Crippen molar-refractivity contribution in [1.82, 2.24) is 0 Å². The van der Waals surface area contributed by atoms with Gasteiger partial charge in [0.2, 0.25) is 11.4 Å². The van der Waals surface area contributed by atoms with E-state index in [4.69, 9.17) is 4.84 Å². The number of hydrogen-bond donors (Lipinski definition) is 0. The number of carbonyl (C=O) groups excluding carboxylic acids is 2. The van der Waals surface area contributed by atoms with Crippen molar-refractivity contribution < 1.29 is 14.4 Å². The van der Waals surface area contributed by atoms with Crippen LogP contribution in [0.4, 0.5) is 0 Å². The molecule has 1 aliphatic heterocycles. The fourth-order valence-corrected chi connectivity index (χ4v) is 2.34. The molecule has 0 bridgehead atoms. The van der Waals surface area contributed by atoms with Crippen molar-refractivity contribution >= 4 is 23.4 Å². The lowest BCUT2D eigenvalue weighted by Gasteiger charge is -2.28. The normalized spacial score (nSPS) is 24.7. The predicted octanol–water partition coefficient (Wildman–Crippen LogP) is 1.84. The maximum atomic E-state index is 12.2. The minimum atomic E-state index is -1.13. The molecule has 4 heteroatoms. The first-order valence-electron chi connectivity index (χ1n) is 5.71. The fraction of sp³-hybridized carbons (Fsp3) is 0.214. The van der Waals surface area contributed by atoms with Crippen molar-refractivity contribution in [2.75, 3.05) is 0 Å². The minimum absolute atomic E-state index is 0.160. The summed E-state index contributed by atoms with van der Waals surface area (Å²) in [5, 5.41) is 3.77. The molecule has 1 unspecified atom stereocenters. The first-order valence-corrected chi connectivity index (χ1v) is 5.71. The van der Waals surface area contributed by atoms with Crippen LogP contribution in [0.2, 0.25) is 0 Å². The number of rotatable bonds is 1. The molecular weight excluding hydrogens is 230 g/mol. The van der Waals surface area contributed by atoms with Crippen LogP contribution in [0.25, 0.3) is 6.08 Å². The number of ketones is 2. The van der Waals surface area contributed by atoms with Crippen molar-refractivity contribution in [3.63, 3.8) is 0 Å². The fourth-order valence-electron chi connectivity index (χ4n) is 2.34. The third kappa shape index (κ3) is 1.35. The summed E-state index contributed by atoms with van der Waals surface area (Å²) in [5.74, 6) is -0.326. The van der Waals surface area contributed by atoms with E-state index in [2.05, 4.69) is 5.16 Å². The molecular formula is C14H11NO3. The molecule has 0 saturated heterocycles. The van der Waals surface area contributed by atoms with Crippen LogP contribution in [0, 0.1) is 0 Å². The summed E-state index contributed by atoms with van der Waals surface area (Å²) in [7, 11) is 0. The summed E-state index contributed by atoms with van der Waals surface area (Å²) < 4.78 is 0. The van der Waals surface area contributed by atoms with Gasteiger partial charge in [0.15, 0.2) is 5.78 Å². The molecule has 0 N–H and O–H groups in total. The molecule has 0 fully saturated rings. The molecule has 90 valence electrons. The molecule has 1 aromatic carbocycles. The van der Waals surface area contributed by atoms with Crippen LogP contribution in [0.5, 0.6) is 0 Å². The second-order valence-electron chi connectivity index (χ2n) is 4.47. The molecule has 4 nitrogen and oxygen atoms in total. The maximum absolute atomic E-state index is 12.2. The Hall–Kier alpha value is -2.23. The first kappa shape index (κ1) is 10.9. The number of fused-ring (bicyclic) bond motifs is 2. The zero-order valence-electron chi connectivity index (χ0n) is 9.84. The molecule has 1 heterocycles. The largest absolute Gasteiger partial charge is 0.375 e. The van der Waals surface area contributed by atoms with Crippen LogP contribution >= 0.6 is 0 Å². The lowest BCUT2D eigenvalue weighted by molar-refractivity contribution is -0.137. The Morgan fingerprint density at radius 1 is 1.33 bits per heavy atom. The number of Topliss-reactive ketones (excluding diaryl/α,β-unsaturated/α-hetero) is 1. The highest BCUT2D eigenvalue weighted by Crippen LogP contribution is 2.41. The SMILES string of the molecule is CC(=O)C1=NOC2(C1)C(=O)C=Cc1ccccc12.